The smallest absolute Gasteiger partial charge is 0.112 e. The highest BCUT2D eigenvalue weighted by atomic mass is 16.6. The van der Waals surface area contributed by atoms with E-state index in [4.69, 9.17) is 14.2 Å². The minimum atomic E-state index is -0.0272. The highest BCUT2D eigenvalue weighted by Crippen LogP contribution is 2.40. The zero-order valence-electron chi connectivity index (χ0n) is 11.7. The van der Waals surface area contributed by atoms with Crippen LogP contribution >= 0.6 is 0 Å². The molecule has 0 spiro atoms. The van der Waals surface area contributed by atoms with E-state index in [9.17, 15) is 0 Å². The lowest BCUT2D eigenvalue weighted by Gasteiger charge is -2.23. The highest BCUT2D eigenvalue weighted by molar-refractivity contribution is 5.23. The van der Waals surface area contributed by atoms with Crippen LogP contribution in [0, 0.1) is 0 Å². The van der Waals surface area contributed by atoms with Crippen molar-refractivity contribution < 1.29 is 14.2 Å². The van der Waals surface area contributed by atoms with Gasteiger partial charge in [-0.1, -0.05) is 60.7 Å². The predicted octanol–water partition coefficient (Wildman–Crippen LogP) is 3.28. The zero-order chi connectivity index (χ0) is 14.1. The molecule has 0 saturated carbocycles. The minimum absolute atomic E-state index is 0.0272. The number of ether oxygens (including phenoxy) is 3. The lowest BCUT2D eigenvalue weighted by Crippen LogP contribution is -2.19. The molecule has 2 heterocycles. The molecule has 3 heteroatoms. The van der Waals surface area contributed by atoms with E-state index in [1.54, 1.807) is 0 Å². The van der Waals surface area contributed by atoms with Crippen LogP contribution < -0.4 is 0 Å². The first-order valence-electron chi connectivity index (χ1n) is 7.40. The summed E-state index contributed by atoms with van der Waals surface area (Å²) in [5.74, 6) is 0. The van der Waals surface area contributed by atoms with Crippen molar-refractivity contribution in [1.29, 1.82) is 0 Å². The van der Waals surface area contributed by atoms with Gasteiger partial charge in [0.05, 0.1) is 13.2 Å². The van der Waals surface area contributed by atoms with Crippen molar-refractivity contribution >= 4 is 0 Å². The third-order valence-corrected chi connectivity index (χ3v) is 3.94. The van der Waals surface area contributed by atoms with Crippen molar-refractivity contribution in [2.75, 3.05) is 13.2 Å². The van der Waals surface area contributed by atoms with Crippen molar-refractivity contribution in [3.05, 3.63) is 71.8 Å². The van der Waals surface area contributed by atoms with Gasteiger partial charge in [0.25, 0.3) is 0 Å². The van der Waals surface area contributed by atoms with Crippen molar-refractivity contribution in [3.8, 4) is 0 Å². The average molecular weight is 282 g/mol. The summed E-state index contributed by atoms with van der Waals surface area (Å²) in [5, 5.41) is 0. The maximum absolute atomic E-state index is 6.42. The molecular formula is C18H18O3. The van der Waals surface area contributed by atoms with Crippen molar-refractivity contribution in [1.82, 2.24) is 0 Å². The first-order chi connectivity index (χ1) is 10.4. The van der Waals surface area contributed by atoms with Gasteiger partial charge in [-0.25, -0.2) is 0 Å². The van der Waals surface area contributed by atoms with Crippen LogP contribution in [0.4, 0.5) is 0 Å². The number of epoxide rings is 2. The van der Waals surface area contributed by atoms with E-state index in [1.807, 2.05) is 36.4 Å². The lowest BCUT2D eigenvalue weighted by molar-refractivity contribution is -0.0419. The molecule has 2 aromatic rings. The summed E-state index contributed by atoms with van der Waals surface area (Å²) >= 11 is 0. The molecule has 2 saturated heterocycles. The molecule has 0 radical (unpaired) electrons. The Hall–Kier alpha value is -1.68. The predicted molar refractivity (Wildman–Crippen MR) is 78.9 cm³/mol. The van der Waals surface area contributed by atoms with Gasteiger partial charge in [-0.3, -0.25) is 0 Å². The van der Waals surface area contributed by atoms with E-state index >= 15 is 0 Å². The van der Waals surface area contributed by atoms with Crippen LogP contribution in [0.1, 0.15) is 23.3 Å². The van der Waals surface area contributed by atoms with E-state index in [0.29, 0.717) is 0 Å². The first kappa shape index (κ1) is 13.0. The van der Waals surface area contributed by atoms with E-state index in [0.717, 1.165) is 13.2 Å². The van der Waals surface area contributed by atoms with Crippen LogP contribution in [0.3, 0.4) is 0 Å². The molecule has 4 atom stereocenters. The molecule has 2 unspecified atom stereocenters. The molecule has 0 aliphatic carbocycles. The zero-order valence-corrected chi connectivity index (χ0v) is 11.7. The van der Waals surface area contributed by atoms with Gasteiger partial charge in [0.1, 0.15) is 24.4 Å². The molecular weight excluding hydrogens is 264 g/mol. The summed E-state index contributed by atoms with van der Waals surface area (Å²) in [6.07, 6.45) is 0.274. The highest BCUT2D eigenvalue weighted by Gasteiger charge is 2.41. The number of rotatable bonds is 6. The minimum Gasteiger partial charge on any atom is -0.370 e. The number of hydrogen-bond donors (Lipinski definition) is 0. The summed E-state index contributed by atoms with van der Waals surface area (Å²) < 4.78 is 17.4. The van der Waals surface area contributed by atoms with Crippen LogP contribution in [-0.4, -0.2) is 25.4 Å². The second-order valence-electron chi connectivity index (χ2n) is 5.54. The van der Waals surface area contributed by atoms with Crippen LogP contribution in [0.25, 0.3) is 0 Å². The fourth-order valence-corrected chi connectivity index (χ4v) is 2.67. The quantitative estimate of drug-likeness (QED) is 0.762. The molecule has 4 rings (SSSR count). The Morgan fingerprint density at radius 1 is 0.714 bits per heavy atom. The van der Waals surface area contributed by atoms with Gasteiger partial charge >= 0.3 is 0 Å². The third kappa shape index (κ3) is 3.00. The largest absolute Gasteiger partial charge is 0.370 e. The summed E-state index contributed by atoms with van der Waals surface area (Å²) in [6.45, 7) is 1.54. The van der Waals surface area contributed by atoms with Gasteiger partial charge in [-0.15, -0.1) is 0 Å². The second kappa shape index (κ2) is 5.60. The molecule has 0 bridgehead atoms. The van der Waals surface area contributed by atoms with Gasteiger partial charge in [0.2, 0.25) is 0 Å². The summed E-state index contributed by atoms with van der Waals surface area (Å²) in [6, 6.07) is 20.6. The fourth-order valence-electron chi connectivity index (χ4n) is 2.67. The molecule has 2 aliphatic rings. The SMILES string of the molecule is c1ccc(C(OC(c2ccccc2)[C@@H]2CO2)[C@@H]2CO2)cc1. The van der Waals surface area contributed by atoms with E-state index in [2.05, 4.69) is 24.3 Å². The van der Waals surface area contributed by atoms with Gasteiger partial charge < -0.3 is 14.2 Å². The molecule has 0 N–H and O–H groups in total. The van der Waals surface area contributed by atoms with Crippen molar-refractivity contribution in [2.24, 2.45) is 0 Å². The second-order valence-corrected chi connectivity index (χ2v) is 5.54. The molecule has 0 amide bonds. The Bertz CT molecular complexity index is 522. The maximum Gasteiger partial charge on any atom is 0.112 e. The number of hydrogen-bond acceptors (Lipinski definition) is 3. The molecule has 3 nitrogen and oxygen atoms in total. The first-order valence-corrected chi connectivity index (χ1v) is 7.40. The molecule has 0 aromatic heterocycles. The Labute approximate surface area is 124 Å². The summed E-state index contributed by atoms with van der Waals surface area (Å²) in [7, 11) is 0. The van der Waals surface area contributed by atoms with Gasteiger partial charge in [-0.05, 0) is 11.1 Å². The van der Waals surface area contributed by atoms with Crippen LogP contribution in [0.2, 0.25) is 0 Å². The van der Waals surface area contributed by atoms with Crippen LogP contribution in [0.15, 0.2) is 60.7 Å². The molecule has 2 aromatic carbocycles. The Morgan fingerprint density at radius 3 is 1.43 bits per heavy atom. The normalized spacial score (nSPS) is 26.1. The molecule has 108 valence electrons. The van der Waals surface area contributed by atoms with Gasteiger partial charge in [0, 0.05) is 0 Å². The average Bonchev–Trinajstić information content (AvgIpc) is 3.43. The van der Waals surface area contributed by atoms with Crippen molar-refractivity contribution in [2.45, 2.75) is 24.4 Å². The third-order valence-electron chi connectivity index (χ3n) is 3.94. The van der Waals surface area contributed by atoms with E-state index in [1.165, 1.54) is 11.1 Å². The van der Waals surface area contributed by atoms with Crippen LogP contribution in [0.5, 0.6) is 0 Å². The molecule has 21 heavy (non-hydrogen) atoms. The standard InChI is InChI=1S/C18H18O3/c1-3-7-13(8-4-1)17(15-11-19-15)21-18(16-12-20-16)14-9-5-2-6-10-14/h1-10,15-18H,11-12H2/t15-,16-,17?,18?/m0/s1. The van der Waals surface area contributed by atoms with E-state index in [-0.39, 0.29) is 24.4 Å². The van der Waals surface area contributed by atoms with Gasteiger partial charge in [0.15, 0.2) is 0 Å². The van der Waals surface area contributed by atoms with Crippen molar-refractivity contribution in [3.63, 3.8) is 0 Å². The van der Waals surface area contributed by atoms with Crippen LogP contribution in [-0.2, 0) is 14.2 Å². The fraction of sp³-hybridized carbons (Fsp3) is 0.333. The lowest BCUT2D eigenvalue weighted by atomic mass is 10.0. The monoisotopic (exact) mass is 282 g/mol. The maximum atomic E-state index is 6.42. The molecule has 2 fully saturated rings. The van der Waals surface area contributed by atoms with Gasteiger partial charge in [-0.2, -0.15) is 0 Å². The number of benzene rings is 2. The Morgan fingerprint density at radius 2 is 1.10 bits per heavy atom. The Kier molecular flexibility index (Phi) is 3.47. The topological polar surface area (TPSA) is 34.3 Å². The summed E-state index contributed by atoms with van der Waals surface area (Å²) in [5.41, 5.74) is 2.34. The van der Waals surface area contributed by atoms with E-state index < -0.39 is 0 Å². The Balaban J connectivity index is 1.58. The summed E-state index contributed by atoms with van der Waals surface area (Å²) in [4.78, 5) is 0. The molecule has 2 aliphatic heterocycles.